The summed E-state index contributed by atoms with van der Waals surface area (Å²) >= 11 is 0. The first-order valence-corrected chi connectivity index (χ1v) is 7.94. The second kappa shape index (κ2) is 8.17. The van der Waals surface area contributed by atoms with E-state index in [2.05, 4.69) is 5.32 Å². The van der Waals surface area contributed by atoms with Gasteiger partial charge in [0.05, 0.1) is 5.56 Å². The Morgan fingerprint density at radius 3 is 2.44 bits per heavy atom. The molecule has 3 rings (SSSR count). The van der Waals surface area contributed by atoms with Gasteiger partial charge in [-0.15, -0.1) is 0 Å². The third-order valence-electron chi connectivity index (χ3n) is 3.47. The number of fused-ring (bicyclic) bond motifs is 1. The number of carbonyl (C=O) groups excluding carboxylic acids is 3. The Labute approximate surface area is 153 Å². The van der Waals surface area contributed by atoms with Crippen molar-refractivity contribution in [2.75, 3.05) is 25.1 Å². The van der Waals surface area contributed by atoms with Crippen molar-refractivity contribution < 1.29 is 33.0 Å². The van der Waals surface area contributed by atoms with Gasteiger partial charge in [-0.1, -0.05) is 0 Å². The average Bonchev–Trinajstić information content (AvgIpc) is 2.66. The Bertz CT molecular complexity index is 869. The highest BCUT2D eigenvalue weighted by Crippen LogP contribution is 2.32. The topological polar surface area (TPSA) is 103 Å². The molecule has 8 nitrogen and oxygen atoms in total. The summed E-state index contributed by atoms with van der Waals surface area (Å²) in [6.07, 6.45) is 0. The first-order chi connectivity index (χ1) is 13.0. The van der Waals surface area contributed by atoms with E-state index in [0.29, 0.717) is 30.4 Å². The molecule has 0 radical (unpaired) electrons. The molecule has 27 heavy (non-hydrogen) atoms. The highest BCUT2D eigenvalue weighted by Gasteiger charge is 2.15. The molecular formula is C18H15FN2O6. The molecule has 2 aromatic rings. The summed E-state index contributed by atoms with van der Waals surface area (Å²) in [5.41, 5.74) is 0.484. The predicted octanol–water partition coefficient (Wildman–Crippen LogP) is 2.10. The lowest BCUT2D eigenvalue weighted by atomic mass is 10.2. The van der Waals surface area contributed by atoms with Crippen molar-refractivity contribution in [3.05, 3.63) is 53.8 Å². The van der Waals surface area contributed by atoms with Crippen molar-refractivity contribution in [1.29, 1.82) is 0 Å². The van der Waals surface area contributed by atoms with E-state index >= 15 is 0 Å². The molecule has 0 saturated heterocycles. The lowest BCUT2D eigenvalue weighted by Gasteiger charge is -2.19. The van der Waals surface area contributed by atoms with E-state index < -0.39 is 30.3 Å². The fourth-order valence-electron chi connectivity index (χ4n) is 2.25. The molecule has 0 unspecified atom stereocenters. The number of urea groups is 1. The van der Waals surface area contributed by atoms with Crippen LogP contribution >= 0.6 is 0 Å². The van der Waals surface area contributed by atoms with Crippen molar-refractivity contribution in [3.63, 3.8) is 0 Å². The maximum absolute atomic E-state index is 12.8. The van der Waals surface area contributed by atoms with Crippen molar-refractivity contribution in [2.45, 2.75) is 0 Å². The third-order valence-corrected chi connectivity index (χ3v) is 3.47. The van der Waals surface area contributed by atoms with Crippen molar-refractivity contribution >= 4 is 23.6 Å². The van der Waals surface area contributed by atoms with Crippen molar-refractivity contribution in [3.8, 4) is 11.5 Å². The SMILES string of the molecule is O=C(COC(=O)c1ccc(F)cc1)NC(=O)Nc1ccc2c(c1)OCCO2. The molecule has 1 heterocycles. The van der Waals surface area contributed by atoms with E-state index in [4.69, 9.17) is 14.2 Å². The highest BCUT2D eigenvalue weighted by molar-refractivity contribution is 6.02. The van der Waals surface area contributed by atoms with Gasteiger partial charge in [0.25, 0.3) is 5.91 Å². The van der Waals surface area contributed by atoms with Crippen LogP contribution in [0.25, 0.3) is 0 Å². The number of amides is 3. The van der Waals surface area contributed by atoms with Gasteiger partial charge >= 0.3 is 12.0 Å². The number of esters is 1. The second-order valence-electron chi connectivity index (χ2n) is 5.44. The number of hydrogen-bond acceptors (Lipinski definition) is 6. The van der Waals surface area contributed by atoms with Gasteiger partial charge in [0.2, 0.25) is 0 Å². The molecule has 2 N–H and O–H groups in total. The number of hydrogen-bond donors (Lipinski definition) is 2. The quantitative estimate of drug-likeness (QED) is 0.795. The summed E-state index contributed by atoms with van der Waals surface area (Å²) in [6, 6.07) is 8.63. The fourth-order valence-corrected chi connectivity index (χ4v) is 2.25. The monoisotopic (exact) mass is 374 g/mol. The van der Waals surface area contributed by atoms with Crippen LogP contribution in [-0.4, -0.2) is 37.7 Å². The Morgan fingerprint density at radius 2 is 1.70 bits per heavy atom. The lowest BCUT2D eigenvalue weighted by molar-refractivity contribution is -0.123. The van der Waals surface area contributed by atoms with Crippen LogP contribution in [-0.2, 0) is 9.53 Å². The number of halogens is 1. The minimum Gasteiger partial charge on any atom is -0.486 e. The molecule has 140 valence electrons. The summed E-state index contributed by atoms with van der Waals surface area (Å²) in [5, 5.41) is 4.49. The Morgan fingerprint density at radius 1 is 1.00 bits per heavy atom. The van der Waals surface area contributed by atoms with Crippen molar-refractivity contribution in [1.82, 2.24) is 5.32 Å². The van der Waals surface area contributed by atoms with Crippen LogP contribution in [0.1, 0.15) is 10.4 Å². The molecule has 0 spiro atoms. The number of nitrogens with one attached hydrogen (secondary N) is 2. The maximum Gasteiger partial charge on any atom is 0.338 e. The zero-order valence-electron chi connectivity index (χ0n) is 14.0. The highest BCUT2D eigenvalue weighted by atomic mass is 19.1. The minimum absolute atomic E-state index is 0.0879. The number of ether oxygens (including phenoxy) is 3. The van der Waals surface area contributed by atoms with E-state index in [1.165, 1.54) is 12.1 Å². The normalized spacial score (nSPS) is 12.0. The van der Waals surface area contributed by atoms with Gasteiger partial charge in [0.1, 0.15) is 19.0 Å². The third kappa shape index (κ3) is 4.94. The molecule has 0 aromatic heterocycles. The van der Waals surface area contributed by atoms with E-state index in [0.717, 1.165) is 12.1 Å². The summed E-state index contributed by atoms with van der Waals surface area (Å²) in [7, 11) is 0. The molecule has 9 heteroatoms. The van der Waals surface area contributed by atoms with Gasteiger partial charge in [-0.3, -0.25) is 10.1 Å². The van der Waals surface area contributed by atoms with Crippen LogP contribution in [0.5, 0.6) is 11.5 Å². The van der Waals surface area contributed by atoms with Crippen molar-refractivity contribution in [2.24, 2.45) is 0 Å². The van der Waals surface area contributed by atoms with Crippen LogP contribution in [0.15, 0.2) is 42.5 Å². The van der Waals surface area contributed by atoms with Gasteiger partial charge in [-0.05, 0) is 36.4 Å². The van der Waals surface area contributed by atoms with E-state index in [-0.39, 0.29) is 5.56 Å². The number of anilines is 1. The molecule has 0 bridgehead atoms. The molecular weight excluding hydrogens is 359 g/mol. The summed E-state index contributed by atoms with van der Waals surface area (Å²) in [5.74, 6) is -1.08. The minimum atomic E-state index is -0.819. The molecule has 0 atom stereocenters. The van der Waals surface area contributed by atoms with Gasteiger partial charge in [-0.25, -0.2) is 14.0 Å². The molecule has 2 aromatic carbocycles. The Hall–Kier alpha value is -3.62. The second-order valence-corrected chi connectivity index (χ2v) is 5.44. The van der Waals surface area contributed by atoms with E-state index in [1.807, 2.05) is 5.32 Å². The Kier molecular flexibility index (Phi) is 5.50. The number of imide groups is 1. The largest absolute Gasteiger partial charge is 0.486 e. The van der Waals surface area contributed by atoms with Crippen LogP contribution in [0.3, 0.4) is 0 Å². The van der Waals surface area contributed by atoms with E-state index in [1.54, 1.807) is 18.2 Å². The standard InChI is InChI=1S/C18H15FN2O6/c19-12-3-1-11(2-4-12)17(23)27-10-16(22)21-18(24)20-13-5-6-14-15(9-13)26-8-7-25-14/h1-6,9H,7-8,10H2,(H2,20,21,22,24). The van der Waals surface area contributed by atoms with Crippen LogP contribution in [0, 0.1) is 5.82 Å². The molecule has 0 saturated carbocycles. The summed E-state index contributed by atoms with van der Waals surface area (Å²) < 4.78 is 28.3. The maximum atomic E-state index is 12.8. The summed E-state index contributed by atoms with van der Waals surface area (Å²) in [6.45, 7) is 0.191. The van der Waals surface area contributed by atoms with Crippen LogP contribution in [0.4, 0.5) is 14.9 Å². The number of rotatable bonds is 4. The molecule has 0 aliphatic carbocycles. The zero-order valence-corrected chi connectivity index (χ0v) is 14.0. The Balaban J connectivity index is 1.47. The first kappa shape index (κ1) is 18.2. The first-order valence-electron chi connectivity index (χ1n) is 7.94. The van der Waals surface area contributed by atoms with Crippen LogP contribution in [0.2, 0.25) is 0 Å². The van der Waals surface area contributed by atoms with Crippen LogP contribution < -0.4 is 20.1 Å². The number of carbonyl (C=O) groups is 3. The molecule has 0 fully saturated rings. The lowest BCUT2D eigenvalue weighted by Crippen LogP contribution is -2.37. The summed E-state index contributed by atoms with van der Waals surface area (Å²) in [4.78, 5) is 35.3. The van der Waals surface area contributed by atoms with Gasteiger partial charge in [0.15, 0.2) is 18.1 Å². The van der Waals surface area contributed by atoms with Gasteiger partial charge in [-0.2, -0.15) is 0 Å². The number of benzene rings is 2. The van der Waals surface area contributed by atoms with Gasteiger partial charge in [0, 0.05) is 11.8 Å². The molecule has 1 aliphatic heterocycles. The zero-order chi connectivity index (χ0) is 19.2. The molecule has 3 amide bonds. The predicted molar refractivity (Wildman–Crippen MR) is 91.3 cm³/mol. The fraction of sp³-hybridized carbons (Fsp3) is 0.167. The average molecular weight is 374 g/mol. The van der Waals surface area contributed by atoms with Gasteiger partial charge < -0.3 is 19.5 Å². The van der Waals surface area contributed by atoms with E-state index in [9.17, 15) is 18.8 Å². The smallest absolute Gasteiger partial charge is 0.338 e. The molecule has 1 aliphatic rings.